The van der Waals surface area contributed by atoms with Gasteiger partial charge in [0.2, 0.25) is 0 Å². The van der Waals surface area contributed by atoms with E-state index in [0.717, 1.165) is 0 Å². The van der Waals surface area contributed by atoms with Gasteiger partial charge in [0.05, 0.1) is 11.0 Å². The number of benzene rings is 6. The fourth-order valence-corrected chi connectivity index (χ4v) is 7.81. The zero-order valence-corrected chi connectivity index (χ0v) is 22.3. The van der Waals surface area contributed by atoms with Crippen molar-refractivity contribution in [2.75, 3.05) is 0 Å². The molecule has 4 heterocycles. The summed E-state index contributed by atoms with van der Waals surface area (Å²) in [6.45, 7) is 0.0618. The van der Waals surface area contributed by atoms with Crippen LogP contribution in [-0.4, -0.2) is 15.9 Å². The smallest absolute Gasteiger partial charge is 0.333 e. The molecule has 0 aliphatic carbocycles. The lowest BCUT2D eigenvalue weighted by Crippen LogP contribution is -2.55. The van der Waals surface area contributed by atoms with E-state index in [4.69, 9.17) is 0 Å². The van der Waals surface area contributed by atoms with Crippen LogP contribution in [0.3, 0.4) is 0 Å². The van der Waals surface area contributed by atoms with E-state index in [1.165, 1.54) is 82.8 Å². The van der Waals surface area contributed by atoms with Gasteiger partial charge in [0, 0.05) is 44.2 Å². The Bertz CT molecular complexity index is 2360. The average molecular weight is 518 g/mol. The van der Waals surface area contributed by atoms with E-state index in [2.05, 4.69) is 149 Å². The first-order valence-corrected chi connectivity index (χ1v) is 14.3. The van der Waals surface area contributed by atoms with Crippen molar-refractivity contribution >= 4 is 50.5 Å². The van der Waals surface area contributed by atoms with Gasteiger partial charge in [-0.15, -0.1) is 0 Å². The molecule has 0 bridgehead atoms. The van der Waals surface area contributed by atoms with Gasteiger partial charge in [-0.1, -0.05) is 127 Å². The number of para-hydroxylation sites is 3. The molecular weight excluding hydrogens is 495 g/mol. The zero-order chi connectivity index (χ0) is 26.7. The summed E-state index contributed by atoms with van der Waals surface area (Å²) in [5.74, 6) is 0. The molecule has 3 heteroatoms. The second-order valence-electron chi connectivity index (χ2n) is 11.3. The monoisotopic (exact) mass is 518 g/mol. The summed E-state index contributed by atoms with van der Waals surface area (Å²) in [4.78, 5) is 0. The molecule has 2 aliphatic heterocycles. The van der Waals surface area contributed by atoms with Crippen LogP contribution in [0, 0.1) is 0 Å². The van der Waals surface area contributed by atoms with Crippen molar-refractivity contribution in [1.82, 2.24) is 9.05 Å². The number of hydrogen-bond donors (Lipinski definition) is 0. The lowest BCUT2D eigenvalue weighted by molar-refractivity contribution is 1.17. The van der Waals surface area contributed by atoms with Gasteiger partial charge in [-0.05, 0) is 39.7 Å². The molecular formula is C38H23BN2. The van der Waals surface area contributed by atoms with E-state index in [1.54, 1.807) is 0 Å². The molecule has 2 aliphatic rings. The first kappa shape index (κ1) is 21.5. The number of rotatable bonds is 2. The average Bonchev–Trinajstić information content (AvgIpc) is 3.57. The van der Waals surface area contributed by atoms with Gasteiger partial charge in [-0.25, -0.2) is 0 Å². The maximum Gasteiger partial charge on any atom is 0.333 e. The van der Waals surface area contributed by atoms with E-state index in [9.17, 15) is 0 Å². The Morgan fingerprint density at radius 3 is 2.02 bits per heavy atom. The van der Waals surface area contributed by atoms with Crippen molar-refractivity contribution < 1.29 is 0 Å². The molecule has 2 aromatic heterocycles. The quantitative estimate of drug-likeness (QED) is 0.205. The van der Waals surface area contributed by atoms with Crippen LogP contribution in [-0.2, 0) is 0 Å². The zero-order valence-electron chi connectivity index (χ0n) is 22.3. The number of fused-ring (bicyclic) bond motifs is 8. The van der Waals surface area contributed by atoms with Gasteiger partial charge < -0.3 is 9.05 Å². The summed E-state index contributed by atoms with van der Waals surface area (Å²) in [7, 11) is 0. The molecule has 0 unspecified atom stereocenters. The van der Waals surface area contributed by atoms with Gasteiger partial charge in [0.15, 0.2) is 0 Å². The summed E-state index contributed by atoms with van der Waals surface area (Å²) < 4.78 is 5.19. The normalized spacial score (nSPS) is 12.8. The second kappa shape index (κ2) is 7.68. The molecule has 0 saturated carbocycles. The summed E-state index contributed by atoms with van der Waals surface area (Å²) in [6, 6.07) is 51.4. The van der Waals surface area contributed by atoms with Crippen molar-refractivity contribution in [1.29, 1.82) is 0 Å². The Hall–Kier alpha value is -5.28. The van der Waals surface area contributed by atoms with Crippen LogP contribution in [0.1, 0.15) is 0 Å². The third kappa shape index (κ3) is 2.59. The van der Waals surface area contributed by atoms with Crippen LogP contribution in [0.25, 0.3) is 71.9 Å². The van der Waals surface area contributed by atoms with Crippen molar-refractivity contribution in [2.45, 2.75) is 0 Å². The maximum absolute atomic E-state index is 2.67. The van der Waals surface area contributed by atoms with E-state index in [-0.39, 0.29) is 6.85 Å². The Balaban J connectivity index is 1.47. The minimum Gasteiger partial charge on any atom is -0.375 e. The molecule has 8 aromatic rings. The van der Waals surface area contributed by atoms with Crippen molar-refractivity contribution in [2.24, 2.45) is 0 Å². The van der Waals surface area contributed by atoms with Crippen molar-refractivity contribution in [3.8, 4) is 39.2 Å². The fourth-order valence-electron chi connectivity index (χ4n) is 7.81. The molecule has 0 amide bonds. The lowest BCUT2D eigenvalue weighted by atomic mass is 9.45. The lowest BCUT2D eigenvalue weighted by Gasteiger charge is -2.34. The van der Waals surface area contributed by atoms with Gasteiger partial charge >= 0.3 is 6.85 Å². The van der Waals surface area contributed by atoms with Gasteiger partial charge in [-0.2, -0.15) is 0 Å². The molecule has 41 heavy (non-hydrogen) atoms. The van der Waals surface area contributed by atoms with E-state index in [1.807, 2.05) is 0 Å². The van der Waals surface area contributed by atoms with Crippen LogP contribution in [0.4, 0.5) is 0 Å². The number of nitrogens with zero attached hydrogens (tertiary/aromatic N) is 2. The minimum atomic E-state index is 0.0618. The minimum absolute atomic E-state index is 0.0618. The summed E-state index contributed by atoms with van der Waals surface area (Å²) in [5.41, 5.74) is 15.7. The molecule has 0 radical (unpaired) electrons. The van der Waals surface area contributed by atoms with Crippen molar-refractivity contribution in [3.63, 3.8) is 0 Å². The summed E-state index contributed by atoms with van der Waals surface area (Å²) in [5, 5.41) is 3.94. The number of aromatic nitrogens is 2. The Labute approximate surface area is 237 Å². The van der Waals surface area contributed by atoms with Gasteiger partial charge in [0.25, 0.3) is 0 Å². The maximum atomic E-state index is 2.67. The van der Waals surface area contributed by atoms with Gasteiger partial charge in [-0.3, -0.25) is 0 Å². The van der Waals surface area contributed by atoms with Crippen LogP contribution in [0.15, 0.2) is 140 Å². The predicted molar refractivity (Wildman–Crippen MR) is 173 cm³/mol. The Kier molecular flexibility index (Phi) is 4.03. The van der Waals surface area contributed by atoms with Crippen LogP contribution < -0.4 is 10.9 Å². The highest BCUT2D eigenvalue weighted by atomic mass is 15.0. The molecule has 2 nitrogen and oxygen atoms in total. The molecule has 6 aromatic carbocycles. The third-order valence-electron chi connectivity index (χ3n) is 9.30. The molecule has 0 atom stereocenters. The Morgan fingerprint density at radius 2 is 1.17 bits per heavy atom. The summed E-state index contributed by atoms with van der Waals surface area (Å²) in [6.07, 6.45) is 0. The van der Waals surface area contributed by atoms with Crippen molar-refractivity contribution in [3.05, 3.63) is 140 Å². The standard InChI is InChI=1S/C38H23BN2/c1-3-12-24(13-4-1)34-30-18-11-17-28-27-22-23-29-26-16-7-9-20-32(26)40-33-21-10-8-19-31(33)39(35(27)38(29)40)41(37(28)30)36(34)25-14-5-2-6-15-25/h1-23H. The Morgan fingerprint density at radius 1 is 0.463 bits per heavy atom. The highest BCUT2D eigenvalue weighted by Crippen LogP contribution is 2.47. The second-order valence-corrected chi connectivity index (χ2v) is 11.3. The van der Waals surface area contributed by atoms with E-state index >= 15 is 0 Å². The highest BCUT2D eigenvalue weighted by Gasteiger charge is 2.42. The van der Waals surface area contributed by atoms with Crippen LogP contribution in [0.2, 0.25) is 0 Å². The molecule has 0 saturated heterocycles. The molecule has 188 valence electrons. The molecule has 0 N–H and O–H groups in total. The third-order valence-corrected chi connectivity index (χ3v) is 9.30. The van der Waals surface area contributed by atoms with Gasteiger partial charge in [0.1, 0.15) is 0 Å². The van der Waals surface area contributed by atoms with Crippen LogP contribution in [0.5, 0.6) is 0 Å². The summed E-state index contributed by atoms with van der Waals surface area (Å²) >= 11 is 0. The van der Waals surface area contributed by atoms with E-state index in [0.29, 0.717) is 0 Å². The van der Waals surface area contributed by atoms with E-state index < -0.39 is 0 Å². The number of hydrogen-bond acceptors (Lipinski definition) is 0. The molecule has 0 spiro atoms. The molecule has 0 fully saturated rings. The topological polar surface area (TPSA) is 9.86 Å². The van der Waals surface area contributed by atoms with Crippen LogP contribution >= 0.6 is 0 Å². The first-order valence-electron chi connectivity index (χ1n) is 14.3. The highest BCUT2D eigenvalue weighted by molar-refractivity contribution is 6.90. The molecule has 10 rings (SSSR count). The largest absolute Gasteiger partial charge is 0.375 e. The predicted octanol–water partition coefficient (Wildman–Crippen LogP) is 8.02. The SMILES string of the molecule is c1ccc(-c2c(-c3ccccc3)n3c4c(cccc24)-c2ccc4c5ccccc5n5c4c2B3c2ccccc2-5)cc1. The fraction of sp³-hybridized carbons (Fsp3) is 0. The first-order chi connectivity index (χ1) is 20.4.